The average molecular weight is 242 g/mol. The summed E-state index contributed by atoms with van der Waals surface area (Å²) >= 11 is 0. The van der Waals surface area contributed by atoms with E-state index in [1.54, 1.807) is 12.3 Å². The molecule has 0 aliphatic carbocycles. The van der Waals surface area contributed by atoms with Crippen molar-refractivity contribution in [1.29, 1.82) is 0 Å². The predicted octanol–water partition coefficient (Wildman–Crippen LogP) is 3.94. The molecular weight excluding hydrogens is 224 g/mol. The molecule has 1 heterocycles. The van der Waals surface area contributed by atoms with Crippen molar-refractivity contribution in [2.75, 3.05) is 0 Å². The number of hydrogen-bond acceptors (Lipinski definition) is 2. The number of Topliss-reactive ketones (excluding diaryl/α,β-unsaturated/α-hetero) is 1. The molecule has 0 bridgehead atoms. The maximum Gasteiger partial charge on any atom is 0.170 e. The highest BCUT2D eigenvalue weighted by Crippen LogP contribution is 2.18. The molecule has 2 rings (SSSR count). The normalized spacial score (nSPS) is 10.7. The second kappa shape index (κ2) is 4.81. The van der Waals surface area contributed by atoms with Gasteiger partial charge in [0.05, 0.1) is 11.8 Å². The van der Waals surface area contributed by atoms with Crippen LogP contribution in [0.3, 0.4) is 0 Å². The third-order valence-corrected chi connectivity index (χ3v) is 3.51. The Kier molecular flexibility index (Phi) is 3.37. The molecule has 0 unspecified atom stereocenters. The van der Waals surface area contributed by atoms with Gasteiger partial charge in [0, 0.05) is 6.42 Å². The molecule has 0 amide bonds. The second-order valence-corrected chi connectivity index (χ2v) is 4.85. The Balaban J connectivity index is 2.25. The van der Waals surface area contributed by atoms with E-state index < -0.39 is 0 Å². The van der Waals surface area contributed by atoms with E-state index in [0.29, 0.717) is 17.7 Å². The van der Waals surface area contributed by atoms with E-state index in [-0.39, 0.29) is 5.78 Å². The first-order chi connectivity index (χ1) is 8.49. The lowest BCUT2D eigenvalue weighted by molar-refractivity contribution is 0.0991. The van der Waals surface area contributed by atoms with Gasteiger partial charge >= 0.3 is 0 Å². The zero-order chi connectivity index (χ0) is 13.3. The molecule has 0 N–H and O–H groups in total. The summed E-state index contributed by atoms with van der Waals surface area (Å²) in [5, 5.41) is 0. The number of aryl methyl sites for hydroxylation is 3. The Morgan fingerprint density at radius 2 is 1.72 bits per heavy atom. The van der Waals surface area contributed by atoms with Crippen LogP contribution in [0.15, 0.2) is 28.9 Å². The molecule has 0 atom stereocenters. The highest BCUT2D eigenvalue weighted by molar-refractivity contribution is 5.98. The highest BCUT2D eigenvalue weighted by atomic mass is 16.3. The van der Waals surface area contributed by atoms with Gasteiger partial charge < -0.3 is 4.42 Å². The Hall–Kier alpha value is -1.83. The van der Waals surface area contributed by atoms with Gasteiger partial charge in [-0.1, -0.05) is 12.1 Å². The highest BCUT2D eigenvalue weighted by Gasteiger charge is 2.13. The smallest absolute Gasteiger partial charge is 0.170 e. The number of carbonyl (C=O) groups excluding carboxylic acids is 1. The minimum absolute atomic E-state index is 0.115. The van der Waals surface area contributed by atoms with E-state index in [4.69, 9.17) is 4.42 Å². The van der Waals surface area contributed by atoms with Gasteiger partial charge in [-0.25, -0.2) is 0 Å². The number of ketones is 1. The minimum Gasteiger partial charge on any atom is -0.469 e. The average Bonchev–Trinajstić information content (AvgIpc) is 2.72. The number of rotatable bonds is 3. The number of hydrogen-bond donors (Lipinski definition) is 0. The Bertz CT molecular complexity index is 568. The van der Waals surface area contributed by atoms with Crippen LogP contribution in [0.25, 0.3) is 0 Å². The molecule has 18 heavy (non-hydrogen) atoms. The van der Waals surface area contributed by atoms with Crippen LogP contribution < -0.4 is 0 Å². The van der Waals surface area contributed by atoms with E-state index in [1.807, 2.05) is 6.92 Å². The molecule has 0 spiro atoms. The molecule has 0 aliphatic rings. The summed E-state index contributed by atoms with van der Waals surface area (Å²) in [5.41, 5.74) is 5.53. The third kappa shape index (κ3) is 2.37. The van der Waals surface area contributed by atoms with Crippen molar-refractivity contribution in [3.05, 3.63) is 58.0 Å². The molecule has 2 aromatic rings. The Morgan fingerprint density at radius 3 is 2.22 bits per heavy atom. The lowest BCUT2D eigenvalue weighted by Gasteiger charge is -2.08. The van der Waals surface area contributed by atoms with E-state index in [0.717, 1.165) is 5.56 Å². The van der Waals surface area contributed by atoms with Crippen LogP contribution in [0.1, 0.15) is 38.4 Å². The van der Waals surface area contributed by atoms with Gasteiger partial charge in [0.15, 0.2) is 5.78 Å². The summed E-state index contributed by atoms with van der Waals surface area (Å²) in [6.45, 7) is 8.09. The van der Waals surface area contributed by atoms with Crippen LogP contribution in [0, 0.1) is 27.7 Å². The van der Waals surface area contributed by atoms with Crippen LogP contribution in [0.4, 0.5) is 0 Å². The fourth-order valence-corrected chi connectivity index (χ4v) is 2.18. The first-order valence-corrected chi connectivity index (χ1v) is 6.13. The summed E-state index contributed by atoms with van der Waals surface area (Å²) in [5.74, 6) is 0.810. The van der Waals surface area contributed by atoms with Gasteiger partial charge in [-0.05, 0) is 56.0 Å². The lowest BCUT2D eigenvalue weighted by atomic mass is 9.96. The summed E-state index contributed by atoms with van der Waals surface area (Å²) in [7, 11) is 0. The van der Waals surface area contributed by atoms with Crippen LogP contribution in [-0.4, -0.2) is 5.78 Å². The molecule has 0 saturated heterocycles. The topological polar surface area (TPSA) is 30.2 Å². The van der Waals surface area contributed by atoms with Crippen LogP contribution in [0.5, 0.6) is 0 Å². The summed E-state index contributed by atoms with van der Waals surface area (Å²) in [6.07, 6.45) is 2.00. The maximum atomic E-state index is 12.1. The van der Waals surface area contributed by atoms with Crippen LogP contribution in [-0.2, 0) is 6.42 Å². The van der Waals surface area contributed by atoms with Gasteiger partial charge in [-0.3, -0.25) is 4.79 Å². The molecule has 0 radical (unpaired) electrons. The molecule has 0 aliphatic heterocycles. The van der Waals surface area contributed by atoms with Gasteiger partial charge in [-0.2, -0.15) is 0 Å². The maximum absolute atomic E-state index is 12.1. The van der Waals surface area contributed by atoms with Crippen molar-refractivity contribution >= 4 is 5.78 Å². The fraction of sp³-hybridized carbons (Fsp3) is 0.312. The largest absolute Gasteiger partial charge is 0.469 e. The molecule has 0 saturated carbocycles. The molecular formula is C16H18O2. The van der Waals surface area contributed by atoms with Crippen molar-refractivity contribution in [3.8, 4) is 0 Å². The lowest BCUT2D eigenvalue weighted by Crippen LogP contribution is -2.05. The van der Waals surface area contributed by atoms with E-state index in [1.165, 1.54) is 16.7 Å². The third-order valence-electron chi connectivity index (χ3n) is 3.51. The Morgan fingerprint density at radius 1 is 1.11 bits per heavy atom. The van der Waals surface area contributed by atoms with Crippen molar-refractivity contribution in [2.24, 2.45) is 0 Å². The summed E-state index contributed by atoms with van der Waals surface area (Å²) < 4.78 is 5.17. The molecule has 1 aromatic heterocycles. The van der Waals surface area contributed by atoms with Crippen molar-refractivity contribution < 1.29 is 9.21 Å². The van der Waals surface area contributed by atoms with Crippen molar-refractivity contribution in [1.82, 2.24) is 0 Å². The van der Waals surface area contributed by atoms with E-state index in [2.05, 4.69) is 32.9 Å². The number of furan rings is 1. The summed E-state index contributed by atoms with van der Waals surface area (Å²) in [4.78, 5) is 12.1. The zero-order valence-electron chi connectivity index (χ0n) is 11.3. The van der Waals surface area contributed by atoms with E-state index in [9.17, 15) is 4.79 Å². The number of benzene rings is 1. The van der Waals surface area contributed by atoms with Gasteiger partial charge in [-0.15, -0.1) is 0 Å². The second-order valence-electron chi connectivity index (χ2n) is 4.85. The van der Waals surface area contributed by atoms with Gasteiger partial charge in [0.25, 0.3) is 0 Å². The summed E-state index contributed by atoms with van der Waals surface area (Å²) in [6, 6.07) is 5.93. The minimum atomic E-state index is 0.115. The van der Waals surface area contributed by atoms with Gasteiger partial charge in [0.2, 0.25) is 0 Å². The van der Waals surface area contributed by atoms with Crippen LogP contribution in [0.2, 0.25) is 0 Å². The monoisotopic (exact) mass is 242 g/mol. The van der Waals surface area contributed by atoms with Crippen LogP contribution >= 0.6 is 0 Å². The molecule has 2 heteroatoms. The van der Waals surface area contributed by atoms with Crippen molar-refractivity contribution in [3.63, 3.8) is 0 Å². The fourth-order valence-electron chi connectivity index (χ4n) is 2.18. The van der Waals surface area contributed by atoms with Gasteiger partial charge in [0.1, 0.15) is 5.76 Å². The quantitative estimate of drug-likeness (QED) is 0.763. The molecule has 0 fully saturated rings. The SMILES string of the molecule is Cc1cc(CC(=O)c2ccoc2C)cc(C)c1C. The zero-order valence-corrected chi connectivity index (χ0v) is 11.3. The van der Waals surface area contributed by atoms with E-state index >= 15 is 0 Å². The number of carbonyl (C=O) groups is 1. The predicted molar refractivity (Wildman–Crippen MR) is 72.1 cm³/mol. The standard InChI is InChI=1S/C16H18O2/c1-10-7-14(8-11(2)12(10)3)9-16(17)15-5-6-18-13(15)4/h5-8H,9H2,1-4H3. The molecule has 2 nitrogen and oxygen atoms in total. The Labute approximate surface area is 108 Å². The molecule has 94 valence electrons. The first kappa shape index (κ1) is 12.6. The van der Waals surface area contributed by atoms with Crippen molar-refractivity contribution in [2.45, 2.75) is 34.1 Å². The first-order valence-electron chi connectivity index (χ1n) is 6.13. The molecule has 1 aromatic carbocycles.